The summed E-state index contributed by atoms with van der Waals surface area (Å²) in [4.78, 5) is 16.4. The minimum atomic E-state index is -3.75. The number of nitrogens with one attached hydrogen (secondary N) is 2. The standard InChI is InChI=1S/C20H19N3O3S/c1-15-8-10-17(11-9-15)27(25,26)19-7-3-2-6-18(19)23-20(24)22-14-16-5-4-12-21-13-16/h2-13H,14H2,1H3,(H2,22,23,24). The zero-order valence-electron chi connectivity index (χ0n) is 14.7. The summed E-state index contributed by atoms with van der Waals surface area (Å²) in [5.74, 6) is 0. The molecule has 0 aliphatic heterocycles. The highest BCUT2D eigenvalue weighted by Gasteiger charge is 2.21. The molecule has 0 unspecified atom stereocenters. The molecule has 1 aromatic heterocycles. The number of rotatable bonds is 5. The van der Waals surface area contributed by atoms with E-state index in [9.17, 15) is 13.2 Å². The molecule has 7 heteroatoms. The molecule has 0 atom stereocenters. The van der Waals surface area contributed by atoms with Gasteiger partial charge in [-0.05, 0) is 42.8 Å². The number of amides is 2. The molecule has 0 aliphatic rings. The summed E-state index contributed by atoms with van der Waals surface area (Å²) in [7, 11) is -3.75. The zero-order chi connectivity index (χ0) is 19.3. The number of aromatic nitrogens is 1. The van der Waals surface area contributed by atoms with Gasteiger partial charge in [0.25, 0.3) is 0 Å². The van der Waals surface area contributed by atoms with Gasteiger partial charge in [-0.15, -0.1) is 0 Å². The summed E-state index contributed by atoms with van der Waals surface area (Å²) in [5, 5.41) is 5.31. The van der Waals surface area contributed by atoms with E-state index in [-0.39, 0.29) is 22.0 Å². The van der Waals surface area contributed by atoms with Crippen molar-refractivity contribution in [2.24, 2.45) is 0 Å². The first kappa shape index (κ1) is 18.6. The third-order valence-electron chi connectivity index (χ3n) is 3.93. The van der Waals surface area contributed by atoms with Gasteiger partial charge in [0.15, 0.2) is 0 Å². The highest BCUT2D eigenvalue weighted by molar-refractivity contribution is 7.91. The first-order valence-electron chi connectivity index (χ1n) is 8.31. The molecule has 2 aromatic carbocycles. The molecule has 0 aliphatic carbocycles. The van der Waals surface area contributed by atoms with Gasteiger partial charge in [-0.1, -0.05) is 35.9 Å². The largest absolute Gasteiger partial charge is 0.334 e. The van der Waals surface area contributed by atoms with Crippen molar-refractivity contribution >= 4 is 21.6 Å². The lowest BCUT2D eigenvalue weighted by Gasteiger charge is -2.13. The Labute approximate surface area is 158 Å². The first-order valence-corrected chi connectivity index (χ1v) is 9.80. The number of nitrogens with zero attached hydrogens (tertiary/aromatic N) is 1. The highest BCUT2D eigenvalue weighted by atomic mass is 32.2. The SMILES string of the molecule is Cc1ccc(S(=O)(=O)c2ccccc2NC(=O)NCc2cccnc2)cc1. The van der Waals surface area contributed by atoms with Crippen LogP contribution < -0.4 is 10.6 Å². The summed E-state index contributed by atoms with van der Waals surface area (Å²) < 4.78 is 25.9. The fraction of sp³-hybridized carbons (Fsp3) is 0.100. The molecule has 0 saturated carbocycles. The molecule has 0 saturated heterocycles. The second kappa shape index (κ2) is 8.01. The topological polar surface area (TPSA) is 88.2 Å². The predicted octanol–water partition coefficient (Wildman–Crippen LogP) is 3.54. The molecule has 0 spiro atoms. The summed E-state index contributed by atoms with van der Waals surface area (Å²) in [6, 6.07) is 16.1. The summed E-state index contributed by atoms with van der Waals surface area (Å²) in [6.45, 7) is 2.17. The fourth-order valence-corrected chi connectivity index (χ4v) is 3.91. The van der Waals surface area contributed by atoms with Gasteiger partial charge in [-0.3, -0.25) is 4.98 Å². The average Bonchev–Trinajstić information content (AvgIpc) is 2.68. The number of aryl methyl sites for hydroxylation is 1. The number of hydrogen-bond donors (Lipinski definition) is 2. The normalized spacial score (nSPS) is 11.0. The van der Waals surface area contributed by atoms with Gasteiger partial charge in [0.1, 0.15) is 0 Å². The quantitative estimate of drug-likeness (QED) is 0.707. The molecule has 3 rings (SSSR count). The molecular weight excluding hydrogens is 362 g/mol. The molecule has 1 heterocycles. The lowest BCUT2D eigenvalue weighted by Crippen LogP contribution is -2.28. The second-order valence-electron chi connectivity index (χ2n) is 5.98. The van der Waals surface area contributed by atoms with Crippen LogP contribution in [0.1, 0.15) is 11.1 Å². The maximum atomic E-state index is 12.9. The molecule has 2 amide bonds. The van der Waals surface area contributed by atoms with Crippen molar-refractivity contribution in [3.05, 3.63) is 84.2 Å². The minimum absolute atomic E-state index is 0.0466. The highest BCUT2D eigenvalue weighted by Crippen LogP contribution is 2.27. The van der Waals surface area contributed by atoms with E-state index in [1.807, 2.05) is 13.0 Å². The van der Waals surface area contributed by atoms with E-state index in [2.05, 4.69) is 15.6 Å². The van der Waals surface area contributed by atoms with Gasteiger partial charge in [0, 0.05) is 18.9 Å². The third-order valence-corrected chi connectivity index (χ3v) is 5.76. The molecule has 0 radical (unpaired) electrons. The van der Waals surface area contributed by atoms with Gasteiger partial charge in [0.05, 0.1) is 15.5 Å². The Balaban J connectivity index is 1.79. The predicted molar refractivity (Wildman–Crippen MR) is 103 cm³/mol. The van der Waals surface area contributed by atoms with Crippen molar-refractivity contribution in [2.45, 2.75) is 23.3 Å². The summed E-state index contributed by atoms with van der Waals surface area (Å²) in [6.07, 6.45) is 3.30. The Morgan fingerprint density at radius 3 is 2.44 bits per heavy atom. The lowest BCUT2D eigenvalue weighted by atomic mass is 10.2. The van der Waals surface area contributed by atoms with E-state index < -0.39 is 15.9 Å². The molecule has 0 fully saturated rings. The van der Waals surface area contributed by atoms with Crippen LogP contribution in [-0.2, 0) is 16.4 Å². The first-order chi connectivity index (χ1) is 13.0. The van der Waals surface area contributed by atoms with Crippen molar-refractivity contribution in [2.75, 3.05) is 5.32 Å². The number of hydrogen-bond acceptors (Lipinski definition) is 4. The van der Waals surface area contributed by atoms with Crippen LogP contribution >= 0.6 is 0 Å². The van der Waals surface area contributed by atoms with Gasteiger partial charge >= 0.3 is 6.03 Å². The molecule has 0 bridgehead atoms. The van der Waals surface area contributed by atoms with E-state index >= 15 is 0 Å². The number of carbonyl (C=O) groups excluding carboxylic acids is 1. The molecule has 6 nitrogen and oxygen atoms in total. The van der Waals surface area contributed by atoms with Crippen LogP contribution in [0.25, 0.3) is 0 Å². The molecule has 27 heavy (non-hydrogen) atoms. The van der Waals surface area contributed by atoms with Crippen LogP contribution in [0, 0.1) is 6.92 Å². The number of pyridine rings is 1. The van der Waals surface area contributed by atoms with Crippen LogP contribution in [0.5, 0.6) is 0 Å². The molecule has 2 N–H and O–H groups in total. The molecule has 138 valence electrons. The molecule has 3 aromatic rings. The number of anilines is 1. The smallest absolute Gasteiger partial charge is 0.319 e. The molecular formula is C20H19N3O3S. The number of carbonyl (C=O) groups is 1. The summed E-state index contributed by atoms with van der Waals surface area (Å²) >= 11 is 0. The Kier molecular flexibility index (Phi) is 5.52. The van der Waals surface area contributed by atoms with E-state index in [0.717, 1.165) is 11.1 Å². The Bertz CT molecular complexity index is 1030. The maximum Gasteiger partial charge on any atom is 0.319 e. The van der Waals surface area contributed by atoms with E-state index in [0.29, 0.717) is 0 Å². The van der Waals surface area contributed by atoms with Crippen LogP contribution in [0.3, 0.4) is 0 Å². The Hall–Kier alpha value is -3.19. The summed E-state index contributed by atoms with van der Waals surface area (Å²) in [5.41, 5.74) is 2.03. The van der Waals surface area contributed by atoms with E-state index in [1.54, 1.807) is 60.9 Å². The van der Waals surface area contributed by atoms with E-state index in [1.165, 1.54) is 6.07 Å². The van der Waals surface area contributed by atoms with Crippen molar-refractivity contribution < 1.29 is 13.2 Å². The number of urea groups is 1. The number of benzene rings is 2. The monoisotopic (exact) mass is 381 g/mol. The third kappa shape index (κ3) is 4.51. The van der Waals surface area contributed by atoms with Gasteiger partial charge in [-0.25, -0.2) is 13.2 Å². The Morgan fingerprint density at radius 1 is 1.00 bits per heavy atom. The van der Waals surface area contributed by atoms with Gasteiger partial charge < -0.3 is 10.6 Å². The maximum absolute atomic E-state index is 12.9. The van der Waals surface area contributed by atoms with Crippen molar-refractivity contribution in [1.29, 1.82) is 0 Å². The van der Waals surface area contributed by atoms with Crippen molar-refractivity contribution in [3.63, 3.8) is 0 Å². The van der Waals surface area contributed by atoms with Gasteiger partial charge in [0.2, 0.25) is 9.84 Å². The van der Waals surface area contributed by atoms with Crippen LogP contribution in [-0.4, -0.2) is 19.4 Å². The Morgan fingerprint density at radius 2 is 1.74 bits per heavy atom. The lowest BCUT2D eigenvalue weighted by molar-refractivity contribution is 0.251. The van der Waals surface area contributed by atoms with Crippen LogP contribution in [0.2, 0.25) is 0 Å². The van der Waals surface area contributed by atoms with Crippen LogP contribution in [0.15, 0.2) is 82.8 Å². The number of para-hydroxylation sites is 1. The van der Waals surface area contributed by atoms with Crippen molar-refractivity contribution in [3.8, 4) is 0 Å². The zero-order valence-corrected chi connectivity index (χ0v) is 15.5. The van der Waals surface area contributed by atoms with E-state index in [4.69, 9.17) is 0 Å². The van der Waals surface area contributed by atoms with Crippen molar-refractivity contribution in [1.82, 2.24) is 10.3 Å². The van der Waals surface area contributed by atoms with Crippen LogP contribution in [0.4, 0.5) is 10.5 Å². The van der Waals surface area contributed by atoms with Gasteiger partial charge in [-0.2, -0.15) is 0 Å². The average molecular weight is 381 g/mol. The number of sulfone groups is 1. The fourth-order valence-electron chi connectivity index (χ4n) is 2.50. The second-order valence-corrected chi connectivity index (χ2v) is 7.90. The minimum Gasteiger partial charge on any atom is -0.334 e.